The summed E-state index contributed by atoms with van der Waals surface area (Å²) in [4.78, 5) is 13.5. The van der Waals surface area contributed by atoms with Crippen molar-refractivity contribution < 1.29 is 14.0 Å². The highest BCUT2D eigenvalue weighted by Crippen LogP contribution is 2.37. The van der Waals surface area contributed by atoms with Crippen molar-refractivity contribution in [2.24, 2.45) is 0 Å². The molecule has 0 aliphatic carbocycles. The van der Waals surface area contributed by atoms with E-state index in [-0.39, 0.29) is 24.1 Å². The van der Waals surface area contributed by atoms with Crippen LogP contribution in [-0.2, 0) is 22.4 Å². The van der Waals surface area contributed by atoms with Gasteiger partial charge in [-0.15, -0.1) is 15.3 Å². The average Bonchev–Trinajstić information content (AvgIpc) is 3.21. The number of rotatable bonds is 8. The fraction of sp³-hybridized carbons (Fsp3) is 0.480. The lowest BCUT2D eigenvalue weighted by Gasteiger charge is -2.36. The van der Waals surface area contributed by atoms with Gasteiger partial charge in [0.1, 0.15) is 12.3 Å². The van der Waals surface area contributed by atoms with E-state index in [2.05, 4.69) is 71.8 Å². The van der Waals surface area contributed by atoms with Crippen molar-refractivity contribution in [1.29, 1.82) is 0 Å². The molecule has 3 heterocycles. The number of hydrogen-bond acceptors (Lipinski definition) is 8. The van der Waals surface area contributed by atoms with Crippen LogP contribution in [0, 0.1) is 6.92 Å². The number of nitrogens with zero attached hydrogens (tertiary/aromatic N) is 6. The zero-order valence-electron chi connectivity index (χ0n) is 21.9. The van der Waals surface area contributed by atoms with Crippen LogP contribution in [0.25, 0.3) is 5.69 Å². The largest absolute Gasteiger partial charge is 0.470 e. The minimum absolute atomic E-state index is 0.0178. The second-order valence-corrected chi connectivity index (χ2v) is 15.3. The van der Waals surface area contributed by atoms with Gasteiger partial charge in [-0.1, -0.05) is 38.1 Å². The second-order valence-electron chi connectivity index (χ2n) is 10.5. The van der Waals surface area contributed by atoms with Crippen LogP contribution < -0.4 is 15.0 Å². The number of benzene rings is 1. The minimum atomic E-state index is -1.81. The predicted octanol–water partition coefficient (Wildman–Crippen LogP) is 3.40. The van der Waals surface area contributed by atoms with E-state index in [9.17, 15) is 4.79 Å². The maximum absolute atomic E-state index is 11.6. The van der Waals surface area contributed by atoms with Crippen molar-refractivity contribution in [3.8, 4) is 11.6 Å². The summed E-state index contributed by atoms with van der Waals surface area (Å²) in [6.45, 7) is 15.6. The zero-order chi connectivity index (χ0) is 25.9. The third-order valence-corrected chi connectivity index (χ3v) is 11.4. The Bertz CT molecular complexity index is 1190. The predicted molar refractivity (Wildman–Crippen MR) is 140 cm³/mol. The Morgan fingerprint density at radius 1 is 1.03 bits per heavy atom. The molecule has 1 fully saturated rings. The molecular formula is C25H35N7O3Si. The topological polar surface area (TPSA) is 107 Å². The van der Waals surface area contributed by atoms with Crippen molar-refractivity contribution in [2.75, 3.05) is 24.5 Å². The van der Waals surface area contributed by atoms with Gasteiger partial charge in [0, 0.05) is 19.2 Å². The number of piperazine rings is 1. The normalized spacial score (nSPS) is 14.6. The number of amides is 1. The number of anilines is 1. The molecule has 192 valence electrons. The summed E-state index contributed by atoms with van der Waals surface area (Å²) in [5, 5.41) is 19.9. The van der Waals surface area contributed by atoms with Gasteiger partial charge in [0.2, 0.25) is 11.8 Å². The molecule has 1 aliphatic rings. The van der Waals surface area contributed by atoms with Crippen molar-refractivity contribution in [3.05, 3.63) is 53.3 Å². The van der Waals surface area contributed by atoms with Gasteiger partial charge < -0.3 is 19.4 Å². The molecular weight excluding hydrogens is 474 g/mol. The SMILES string of the molecule is Cc1nnn(-c2ccc(CO[Si](C)(C)C(C)(C)C)cc2)c1COc1ccc(N2CCNC(=O)C2)nn1. The van der Waals surface area contributed by atoms with Gasteiger partial charge in [-0.2, -0.15) is 0 Å². The monoisotopic (exact) mass is 509 g/mol. The summed E-state index contributed by atoms with van der Waals surface area (Å²) in [7, 11) is -1.81. The van der Waals surface area contributed by atoms with Crippen LogP contribution in [0.1, 0.15) is 37.7 Å². The quantitative estimate of drug-likeness (QED) is 0.461. The van der Waals surface area contributed by atoms with Crippen LogP contribution in [-0.4, -0.2) is 59.1 Å². The number of carbonyl (C=O) groups is 1. The van der Waals surface area contributed by atoms with Gasteiger partial charge in [-0.25, -0.2) is 4.68 Å². The van der Waals surface area contributed by atoms with Gasteiger partial charge in [0.25, 0.3) is 0 Å². The number of hydrogen-bond donors (Lipinski definition) is 1. The third-order valence-electron chi connectivity index (χ3n) is 6.89. The zero-order valence-corrected chi connectivity index (χ0v) is 22.9. The Morgan fingerprint density at radius 3 is 2.42 bits per heavy atom. The molecule has 2 aromatic heterocycles. The van der Waals surface area contributed by atoms with Crippen molar-refractivity contribution in [2.45, 2.75) is 59.0 Å². The smallest absolute Gasteiger partial charge is 0.239 e. The first-order valence-electron chi connectivity index (χ1n) is 12.2. The number of carbonyl (C=O) groups excluding carboxylic acids is 1. The maximum Gasteiger partial charge on any atom is 0.239 e. The molecule has 0 spiro atoms. The minimum Gasteiger partial charge on any atom is -0.470 e. The molecule has 11 heteroatoms. The van der Waals surface area contributed by atoms with E-state index in [1.165, 1.54) is 0 Å². The van der Waals surface area contributed by atoms with E-state index in [1.54, 1.807) is 10.7 Å². The Kier molecular flexibility index (Phi) is 7.41. The Morgan fingerprint density at radius 2 is 1.78 bits per heavy atom. The summed E-state index contributed by atoms with van der Waals surface area (Å²) in [6.07, 6.45) is 0. The van der Waals surface area contributed by atoms with Gasteiger partial charge in [-0.3, -0.25) is 4.79 Å². The van der Waals surface area contributed by atoms with Crippen molar-refractivity contribution in [3.63, 3.8) is 0 Å². The summed E-state index contributed by atoms with van der Waals surface area (Å²) < 4.78 is 14.0. The Labute approximate surface area is 213 Å². The molecule has 0 radical (unpaired) electrons. The highest BCUT2D eigenvalue weighted by molar-refractivity contribution is 6.74. The molecule has 1 saturated heterocycles. The number of nitrogens with one attached hydrogen (secondary N) is 1. The van der Waals surface area contributed by atoms with Gasteiger partial charge >= 0.3 is 0 Å². The van der Waals surface area contributed by atoms with Crippen molar-refractivity contribution in [1.82, 2.24) is 30.5 Å². The van der Waals surface area contributed by atoms with Gasteiger partial charge in [-0.05, 0) is 48.8 Å². The highest BCUT2D eigenvalue weighted by atomic mass is 28.4. The van der Waals surface area contributed by atoms with E-state index < -0.39 is 8.32 Å². The van der Waals surface area contributed by atoms with E-state index in [0.29, 0.717) is 31.4 Å². The van der Waals surface area contributed by atoms with E-state index in [4.69, 9.17) is 9.16 Å². The summed E-state index contributed by atoms with van der Waals surface area (Å²) in [5.74, 6) is 1.03. The fourth-order valence-electron chi connectivity index (χ4n) is 3.50. The Hall–Kier alpha value is -3.31. The van der Waals surface area contributed by atoms with Crippen LogP contribution in [0.5, 0.6) is 5.88 Å². The lowest BCUT2D eigenvalue weighted by Crippen LogP contribution is -2.48. The third kappa shape index (κ3) is 5.90. The molecule has 3 aromatic rings. The molecule has 0 saturated carbocycles. The van der Waals surface area contributed by atoms with Crippen LogP contribution in [0.2, 0.25) is 18.1 Å². The summed E-state index contributed by atoms with van der Waals surface area (Å²) >= 11 is 0. The lowest BCUT2D eigenvalue weighted by molar-refractivity contribution is -0.120. The molecule has 0 bridgehead atoms. The molecule has 1 N–H and O–H groups in total. The summed E-state index contributed by atoms with van der Waals surface area (Å²) in [6, 6.07) is 11.7. The number of aryl methyl sites for hydroxylation is 1. The highest BCUT2D eigenvalue weighted by Gasteiger charge is 2.37. The molecule has 36 heavy (non-hydrogen) atoms. The first-order chi connectivity index (χ1) is 17.0. The van der Waals surface area contributed by atoms with E-state index >= 15 is 0 Å². The molecule has 0 atom stereocenters. The molecule has 0 unspecified atom stereocenters. The molecule has 4 rings (SSSR count). The van der Waals surface area contributed by atoms with Crippen LogP contribution in [0.15, 0.2) is 36.4 Å². The second kappa shape index (κ2) is 10.4. The Balaban J connectivity index is 1.39. The van der Waals surface area contributed by atoms with Crippen LogP contribution >= 0.6 is 0 Å². The van der Waals surface area contributed by atoms with Gasteiger partial charge in [0.05, 0.1) is 24.5 Å². The van der Waals surface area contributed by atoms with Gasteiger partial charge in [0.15, 0.2) is 14.1 Å². The fourth-order valence-corrected chi connectivity index (χ4v) is 4.46. The van der Waals surface area contributed by atoms with E-state index in [0.717, 1.165) is 22.6 Å². The van der Waals surface area contributed by atoms with Crippen LogP contribution in [0.4, 0.5) is 5.82 Å². The average molecular weight is 510 g/mol. The summed E-state index contributed by atoms with van der Waals surface area (Å²) in [5.41, 5.74) is 3.64. The van der Waals surface area contributed by atoms with E-state index in [1.807, 2.05) is 30.0 Å². The molecule has 1 aliphatic heterocycles. The maximum atomic E-state index is 11.6. The van der Waals surface area contributed by atoms with Crippen molar-refractivity contribution >= 4 is 20.0 Å². The molecule has 1 aromatic carbocycles. The first-order valence-corrected chi connectivity index (χ1v) is 15.1. The standard InChI is InChI=1S/C25H35N7O3Si/c1-18-21(17-34-24-12-11-22(28-29-24)31-14-13-26-23(33)15-31)32(30-27-18)20-9-7-19(8-10-20)16-35-36(5,6)25(2,3)4/h7-12H,13-17H2,1-6H3,(H,26,33). The number of ether oxygens (including phenoxy) is 1. The molecule has 10 nitrogen and oxygen atoms in total. The number of aromatic nitrogens is 5. The molecule has 1 amide bonds. The van der Waals surface area contributed by atoms with Crippen LogP contribution in [0.3, 0.4) is 0 Å². The lowest BCUT2D eigenvalue weighted by atomic mass is 10.2. The first kappa shape index (κ1) is 25.8.